The number of benzene rings is 2. The molecule has 138 valence electrons. The van der Waals surface area contributed by atoms with Crippen LogP contribution in [0.25, 0.3) is 6.08 Å². The van der Waals surface area contributed by atoms with Gasteiger partial charge in [-0.15, -0.1) is 0 Å². The molecule has 2 aromatic rings. The molecule has 0 saturated carbocycles. The molecule has 27 heavy (non-hydrogen) atoms. The summed E-state index contributed by atoms with van der Waals surface area (Å²) in [5.41, 5.74) is 1.73. The van der Waals surface area contributed by atoms with Gasteiger partial charge >= 0.3 is 6.03 Å². The van der Waals surface area contributed by atoms with E-state index in [2.05, 4.69) is 21.2 Å². The zero-order chi connectivity index (χ0) is 19.6. The van der Waals surface area contributed by atoms with Crippen LogP contribution < -0.4 is 10.1 Å². The molecule has 1 N–H and O–H groups in total. The molecule has 0 unspecified atom stereocenters. The van der Waals surface area contributed by atoms with Crippen molar-refractivity contribution >= 4 is 39.6 Å². The van der Waals surface area contributed by atoms with Crippen molar-refractivity contribution in [1.82, 2.24) is 10.2 Å². The number of urea groups is 1. The van der Waals surface area contributed by atoms with Gasteiger partial charge in [0.25, 0.3) is 11.6 Å². The average molecular weight is 432 g/mol. The maximum Gasteiger partial charge on any atom is 0.328 e. The molecule has 1 saturated heterocycles. The van der Waals surface area contributed by atoms with Gasteiger partial charge < -0.3 is 10.1 Å². The third kappa shape index (κ3) is 4.14. The van der Waals surface area contributed by atoms with Gasteiger partial charge in [-0.25, -0.2) is 4.79 Å². The second kappa shape index (κ2) is 7.58. The van der Waals surface area contributed by atoms with E-state index < -0.39 is 16.9 Å². The maximum absolute atomic E-state index is 11.9. The van der Waals surface area contributed by atoms with Crippen molar-refractivity contribution in [2.75, 3.05) is 7.05 Å². The standard InChI is InChI=1S/C18H14BrN3O5/c1-21-17(23)15(20-18(21)24)9-12-4-7-16(14(19)8-12)27-10-11-2-5-13(6-3-11)22(25)26/h2-9H,10H2,1H3,(H,20,24)/b15-9+. The van der Waals surface area contributed by atoms with Crippen LogP contribution in [0.1, 0.15) is 11.1 Å². The number of nitrogens with zero attached hydrogens (tertiary/aromatic N) is 2. The Morgan fingerprint density at radius 2 is 1.93 bits per heavy atom. The summed E-state index contributed by atoms with van der Waals surface area (Å²) < 4.78 is 6.39. The van der Waals surface area contributed by atoms with Crippen LogP contribution in [0.2, 0.25) is 0 Å². The number of nitro groups is 1. The average Bonchev–Trinajstić information content (AvgIpc) is 2.88. The monoisotopic (exact) mass is 431 g/mol. The molecule has 3 amide bonds. The molecule has 1 aliphatic rings. The summed E-state index contributed by atoms with van der Waals surface area (Å²) in [6, 6.07) is 10.9. The van der Waals surface area contributed by atoms with Gasteiger partial charge in [0.05, 0.1) is 9.40 Å². The van der Waals surface area contributed by atoms with Gasteiger partial charge in [-0.05, 0) is 57.4 Å². The van der Waals surface area contributed by atoms with Crippen LogP contribution in [0.15, 0.2) is 52.6 Å². The van der Waals surface area contributed by atoms with E-state index in [1.54, 1.807) is 36.4 Å². The third-order valence-corrected chi connectivity index (χ3v) is 4.51. The number of halogens is 1. The van der Waals surface area contributed by atoms with Gasteiger partial charge in [0.1, 0.15) is 18.1 Å². The number of nitrogens with one attached hydrogen (secondary N) is 1. The SMILES string of the molecule is CN1C(=O)N/C(=C/c2ccc(OCc3ccc([N+](=O)[O-])cc3)c(Br)c2)C1=O. The number of imide groups is 1. The fourth-order valence-electron chi connectivity index (χ4n) is 2.39. The first-order valence-electron chi connectivity index (χ1n) is 7.81. The lowest BCUT2D eigenvalue weighted by Gasteiger charge is -2.09. The van der Waals surface area contributed by atoms with E-state index in [0.29, 0.717) is 15.8 Å². The number of likely N-dealkylation sites (N-methyl/N-ethyl adjacent to an activating group) is 1. The van der Waals surface area contributed by atoms with Crippen molar-refractivity contribution in [3.8, 4) is 5.75 Å². The van der Waals surface area contributed by atoms with Crippen LogP contribution in [0.5, 0.6) is 5.75 Å². The lowest BCUT2D eigenvalue weighted by atomic mass is 10.2. The van der Waals surface area contributed by atoms with E-state index in [-0.39, 0.29) is 18.0 Å². The van der Waals surface area contributed by atoms with Gasteiger partial charge in [-0.1, -0.05) is 6.07 Å². The van der Waals surface area contributed by atoms with Crippen LogP contribution in [0.3, 0.4) is 0 Å². The van der Waals surface area contributed by atoms with Crippen molar-refractivity contribution < 1.29 is 19.2 Å². The Hall–Kier alpha value is -3.20. The van der Waals surface area contributed by atoms with Gasteiger partial charge in [0.15, 0.2) is 0 Å². The van der Waals surface area contributed by atoms with Gasteiger partial charge in [0, 0.05) is 19.2 Å². The highest BCUT2D eigenvalue weighted by molar-refractivity contribution is 9.10. The number of hydrogen-bond donors (Lipinski definition) is 1. The Kier molecular flexibility index (Phi) is 5.22. The summed E-state index contributed by atoms with van der Waals surface area (Å²) in [6.07, 6.45) is 1.58. The lowest BCUT2D eigenvalue weighted by molar-refractivity contribution is -0.384. The predicted molar refractivity (Wildman–Crippen MR) is 101 cm³/mol. The molecule has 0 aliphatic carbocycles. The highest BCUT2D eigenvalue weighted by Crippen LogP contribution is 2.28. The van der Waals surface area contributed by atoms with E-state index in [4.69, 9.17) is 4.74 Å². The fraction of sp³-hybridized carbons (Fsp3) is 0.111. The van der Waals surface area contributed by atoms with Crippen LogP contribution in [0, 0.1) is 10.1 Å². The minimum atomic E-state index is -0.464. The van der Waals surface area contributed by atoms with E-state index >= 15 is 0 Å². The number of carbonyl (C=O) groups is 2. The topological polar surface area (TPSA) is 102 Å². The van der Waals surface area contributed by atoms with Crippen molar-refractivity contribution in [2.45, 2.75) is 6.61 Å². The quantitative estimate of drug-likeness (QED) is 0.338. The van der Waals surface area contributed by atoms with E-state index in [1.807, 2.05) is 0 Å². The molecule has 0 radical (unpaired) electrons. The molecule has 3 rings (SSSR count). The molecule has 0 atom stereocenters. The highest BCUT2D eigenvalue weighted by Gasteiger charge is 2.29. The predicted octanol–water partition coefficient (Wildman–Crippen LogP) is 3.46. The highest BCUT2D eigenvalue weighted by atomic mass is 79.9. The summed E-state index contributed by atoms with van der Waals surface area (Å²) >= 11 is 3.41. The molecule has 1 heterocycles. The molecule has 1 fully saturated rings. The zero-order valence-electron chi connectivity index (χ0n) is 14.1. The molecule has 1 aliphatic heterocycles. The molecule has 0 aromatic heterocycles. The molecule has 2 aromatic carbocycles. The Morgan fingerprint density at radius 1 is 1.22 bits per heavy atom. The van der Waals surface area contributed by atoms with E-state index in [9.17, 15) is 19.7 Å². The first kappa shape index (κ1) is 18.6. The van der Waals surface area contributed by atoms with Crippen LogP contribution in [-0.2, 0) is 11.4 Å². The Morgan fingerprint density at radius 3 is 2.48 bits per heavy atom. The third-order valence-electron chi connectivity index (χ3n) is 3.89. The number of amides is 3. The molecule has 8 nitrogen and oxygen atoms in total. The van der Waals surface area contributed by atoms with Gasteiger partial charge in [-0.3, -0.25) is 19.8 Å². The zero-order valence-corrected chi connectivity index (χ0v) is 15.7. The molecule has 0 spiro atoms. The Bertz CT molecular complexity index is 956. The first-order chi connectivity index (χ1) is 12.8. The van der Waals surface area contributed by atoms with Crippen molar-refractivity contribution in [3.05, 3.63) is 73.9 Å². The second-order valence-corrected chi connectivity index (χ2v) is 6.61. The minimum Gasteiger partial charge on any atom is -0.488 e. The number of carbonyl (C=O) groups excluding carboxylic acids is 2. The summed E-state index contributed by atoms with van der Waals surface area (Å²) in [6.45, 7) is 0.246. The van der Waals surface area contributed by atoms with E-state index in [0.717, 1.165) is 10.5 Å². The van der Waals surface area contributed by atoms with Crippen LogP contribution in [0.4, 0.5) is 10.5 Å². The Balaban J connectivity index is 1.69. The molecular weight excluding hydrogens is 418 g/mol. The molecular formula is C18H14BrN3O5. The maximum atomic E-state index is 11.9. The minimum absolute atomic E-state index is 0.0246. The summed E-state index contributed by atoms with van der Waals surface area (Å²) in [5, 5.41) is 13.2. The summed E-state index contributed by atoms with van der Waals surface area (Å²) in [4.78, 5) is 34.6. The largest absolute Gasteiger partial charge is 0.488 e. The van der Waals surface area contributed by atoms with Crippen molar-refractivity contribution in [2.24, 2.45) is 0 Å². The normalized spacial score (nSPS) is 15.2. The van der Waals surface area contributed by atoms with Crippen LogP contribution in [-0.4, -0.2) is 28.8 Å². The molecule has 9 heteroatoms. The number of hydrogen-bond acceptors (Lipinski definition) is 5. The van der Waals surface area contributed by atoms with Crippen molar-refractivity contribution in [3.63, 3.8) is 0 Å². The fourth-order valence-corrected chi connectivity index (χ4v) is 2.90. The van der Waals surface area contributed by atoms with Crippen LogP contribution >= 0.6 is 15.9 Å². The van der Waals surface area contributed by atoms with Crippen molar-refractivity contribution in [1.29, 1.82) is 0 Å². The summed E-state index contributed by atoms with van der Waals surface area (Å²) in [5.74, 6) is 0.184. The number of rotatable bonds is 5. The number of non-ortho nitro benzene ring substituents is 1. The smallest absolute Gasteiger partial charge is 0.328 e. The Labute approximate surface area is 162 Å². The van der Waals surface area contributed by atoms with Gasteiger partial charge in [0.2, 0.25) is 0 Å². The summed E-state index contributed by atoms with van der Waals surface area (Å²) in [7, 11) is 1.41. The second-order valence-electron chi connectivity index (χ2n) is 5.75. The first-order valence-corrected chi connectivity index (χ1v) is 8.61. The lowest BCUT2D eigenvalue weighted by Crippen LogP contribution is -2.25. The van der Waals surface area contributed by atoms with E-state index in [1.165, 1.54) is 19.2 Å². The van der Waals surface area contributed by atoms with Gasteiger partial charge in [-0.2, -0.15) is 0 Å². The number of nitro benzene ring substituents is 1. The number of ether oxygens (including phenoxy) is 1. The molecule has 0 bridgehead atoms.